The van der Waals surface area contributed by atoms with Crippen molar-refractivity contribution >= 4 is 34.3 Å². The highest BCUT2D eigenvalue weighted by molar-refractivity contribution is 6.18. The quantitative estimate of drug-likeness (QED) is 0.455. The third-order valence-corrected chi connectivity index (χ3v) is 5.68. The summed E-state index contributed by atoms with van der Waals surface area (Å²) in [6, 6.07) is 17.9. The summed E-state index contributed by atoms with van der Waals surface area (Å²) in [6.45, 7) is 0. The lowest BCUT2D eigenvalue weighted by molar-refractivity contribution is 0.742. The molecule has 5 nitrogen and oxygen atoms in total. The minimum Gasteiger partial charge on any atom is -0.383 e. The summed E-state index contributed by atoms with van der Waals surface area (Å²) in [7, 11) is 0. The van der Waals surface area contributed by atoms with Gasteiger partial charge in [0.05, 0.1) is 11.3 Å². The highest BCUT2D eigenvalue weighted by Crippen LogP contribution is 2.33. The van der Waals surface area contributed by atoms with Gasteiger partial charge in [0.25, 0.3) is 0 Å². The molecule has 0 fully saturated rings. The van der Waals surface area contributed by atoms with Crippen LogP contribution >= 0.6 is 11.6 Å². The molecule has 6 heteroatoms. The number of nitrogens with two attached hydrogens (primary N) is 1. The second-order valence-corrected chi connectivity index (χ2v) is 7.56. The van der Waals surface area contributed by atoms with Gasteiger partial charge < -0.3 is 5.73 Å². The van der Waals surface area contributed by atoms with Crippen LogP contribution in [0, 0.1) is 5.92 Å². The summed E-state index contributed by atoms with van der Waals surface area (Å²) in [5, 5.41) is 0. The summed E-state index contributed by atoms with van der Waals surface area (Å²) in [4.78, 5) is 14.1. The highest BCUT2D eigenvalue weighted by Gasteiger charge is 2.20. The van der Waals surface area contributed by atoms with Crippen molar-refractivity contribution in [3.63, 3.8) is 0 Å². The van der Waals surface area contributed by atoms with Gasteiger partial charge in [0.1, 0.15) is 11.3 Å². The number of halogens is 1. The summed E-state index contributed by atoms with van der Waals surface area (Å²) in [5.74, 6) is 2.11. The maximum Gasteiger partial charge on any atom is 0.165 e. The maximum absolute atomic E-state index is 6.20. The molecule has 1 aliphatic rings. The van der Waals surface area contributed by atoms with E-state index in [1.807, 2.05) is 42.5 Å². The number of nitrogen functional groups attached to an aromatic ring is 1. The van der Waals surface area contributed by atoms with E-state index in [1.165, 1.54) is 0 Å². The zero-order valence-electron chi connectivity index (χ0n) is 16.2. The molecule has 0 saturated heterocycles. The van der Waals surface area contributed by atoms with Gasteiger partial charge in [0.15, 0.2) is 11.5 Å². The van der Waals surface area contributed by atoms with Crippen molar-refractivity contribution in [3.8, 4) is 22.6 Å². The van der Waals surface area contributed by atoms with Crippen LogP contribution in [0.25, 0.3) is 39.5 Å². The first-order valence-corrected chi connectivity index (χ1v) is 10.4. The molecule has 0 bridgehead atoms. The largest absolute Gasteiger partial charge is 0.383 e. The van der Waals surface area contributed by atoms with Crippen LogP contribution in [0.5, 0.6) is 0 Å². The van der Waals surface area contributed by atoms with Gasteiger partial charge in [-0.1, -0.05) is 42.5 Å². The van der Waals surface area contributed by atoms with E-state index in [9.17, 15) is 0 Å². The maximum atomic E-state index is 6.20. The van der Waals surface area contributed by atoms with Crippen LogP contribution < -0.4 is 5.73 Å². The molecule has 3 heterocycles. The first-order valence-electron chi connectivity index (χ1n) is 9.85. The van der Waals surface area contributed by atoms with Crippen molar-refractivity contribution in [2.75, 3.05) is 11.6 Å². The smallest absolute Gasteiger partial charge is 0.165 e. The number of allylic oxidation sites excluding steroid dienone is 4. The van der Waals surface area contributed by atoms with Crippen molar-refractivity contribution in [3.05, 3.63) is 79.0 Å². The number of hydrogen-bond donors (Lipinski definition) is 1. The van der Waals surface area contributed by atoms with E-state index in [4.69, 9.17) is 27.3 Å². The molecule has 5 rings (SSSR count). The van der Waals surface area contributed by atoms with Gasteiger partial charge in [0.2, 0.25) is 0 Å². The van der Waals surface area contributed by atoms with Gasteiger partial charge in [-0.2, -0.15) is 0 Å². The van der Waals surface area contributed by atoms with Crippen molar-refractivity contribution in [2.24, 2.45) is 5.92 Å². The minimum absolute atomic E-state index is 0.338. The van der Waals surface area contributed by atoms with Crippen LogP contribution in [0.1, 0.15) is 6.42 Å². The Labute approximate surface area is 179 Å². The number of hydrogen-bond acceptors (Lipinski definition) is 4. The summed E-state index contributed by atoms with van der Waals surface area (Å²) < 4.78 is 2.07. The Morgan fingerprint density at radius 2 is 1.90 bits per heavy atom. The van der Waals surface area contributed by atoms with E-state index in [0.717, 1.165) is 45.9 Å². The lowest BCUT2D eigenvalue weighted by atomic mass is 10.0. The molecule has 4 aromatic rings. The Morgan fingerprint density at radius 3 is 2.63 bits per heavy atom. The topological polar surface area (TPSA) is 69.6 Å². The number of anilines is 1. The Hall–Kier alpha value is -3.44. The molecule has 0 spiro atoms. The molecule has 1 unspecified atom stereocenters. The van der Waals surface area contributed by atoms with Crippen LogP contribution in [-0.4, -0.2) is 25.4 Å². The first kappa shape index (κ1) is 18.6. The van der Waals surface area contributed by atoms with Gasteiger partial charge in [0, 0.05) is 23.3 Å². The molecule has 0 amide bonds. The van der Waals surface area contributed by atoms with Crippen molar-refractivity contribution in [1.29, 1.82) is 0 Å². The average Bonchev–Trinajstić information content (AvgIpc) is 3.18. The molecular formula is C24H20ClN5. The van der Waals surface area contributed by atoms with Crippen LogP contribution in [0.4, 0.5) is 5.82 Å². The van der Waals surface area contributed by atoms with E-state index >= 15 is 0 Å². The molecule has 1 aromatic carbocycles. The minimum atomic E-state index is 0.338. The number of nitrogens with zero attached hydrogens (tertiary/aromatic N) is 4. The lowest BCUT2D eigenvalue weighted by Gasteiger charge is -2.17. The Balaban J connectivity index is 1.74. The number of fused-ring (bicyclic) bond motifs is 1. The SMILES string of the molecule is Nc1ncccc1-c1nc2ccc(-c3ccccc3)nc2n1C1=CCC(CCl)C=C1. The van der Waals surface area contributed by atoms with Gasteiger partial charge in [-0.3, -0.25) is 4.57 Å². The molecule has 0 aliphatic heterocycles. The van der Waals surface area contributed by atoms with Crippen molar-refractivity contribution in [1.82, 2.24) is 19.5 Å². The fourth-order valence-electron chi connectivity index (χ4n) is 3.69. The average molecular weight is 414 g/mol. The molecule has 1 atom stereocenters. The number of alkyl halides is 1. The molecular weight excluding hydrogens is 394 g/mol. The third-order valence-electron chi connectivity index (χ3n) is 5.28. The van der Waals surface area contributed by atoms with E-state index in [0.29, 0.717) is 17.6 Å². The van der Waals surface area contributed by atoms with Gasteiger partial charge in [-0.25, -0.2) is 15.0 Å². The van der Waals surface area contributed by atoms with Crippen molar-refractivity contribution < 1.29 is 0 Å². The second kappa shape index (κ2) is 7.76. The number of rotatable bonds is 4. The standard InChI is InChI=1S/C24H20ClN5/c25-15-16-8-10-18(11-9-16)30-23(19-7-4-14-27-22(19)26)29-21-13-12-20(28-24(21)30)17-5-2-1-3-6-17/h1-8,10-14,16H,9,15H2,(H2,26,27). The van der Waals surface area contributed by atoms with E-state index in [2.05, 4.69) is 39.9 Å². The molecule has 3 aromatic heterocycles. The Bertz CT molecular complexity index is 1270. The van der Waals surface area contributed by atoms with Gasteiger partial charge >= 0.3 is 0 Å². The molecule has 148 valence electrons. The fraction of sp³-hybridized carbons (Fsp3) is 0.125. The zero-order valence-corrected chi connectivity index (χ0v) is 17.0. The van der Waals surface area contributed by atoms with Crippen LogP contribution in [-0.2, 0) is 0 Å². The number of pyridine rings is 2. The summed E-state index contributed by atoms with van der Waals surface area (Å²) in [5.41, 5.74) is 11.5. The zero-order chi connectivity index (χ0) is 20.5. The highest BCUT2D eigenvalue weighted by atomic mass is 35.5. The lowest BCUT2D eigenvalue weighted by Crippen LogP contribution is -2.07. The molecule has 0 radical (unpaired) electrons. The van der Waals surface area contributed by atoms with Crippen LogP contribution in [0.3, 0.4) is 0 Å². The van der Waals surface area contributed by atoms with E-state index < -0.39 is 0 Å². The van der Waals surface area contributed by atoms with E-state index in [-0.39, 0.29) is 0 Å². The first-order chi connectivity index (χ1) is 14.7. The predicted octanol–water partition coefficient (Wildman–Crippen LogP) is 5.40. The Morgan fingerprint density at radius 1 is 1.03 bits per heavy atom. The normalized spacial score (nSPS) is 16.0. The number of imidazole rings is 1. The molecule has 30 heavy (non-hydrogen) atoms. The number of benzene rings is 1. The van der Waals surface area contributed by atoms with Crippen molar-refractivity contribution in [2.45, 2.75) is 6.42 Å². The Kier molecular flexibility index (Phi) is 4.81. The second-order valence-electron chi connectivity index (χ2n) is 7.25. The predicted molar refractivity (Wildman–Crippen MR) is 123 cm³/mol. The molecule has 1 aliphatic carbocycles. The third kappa shape index (κ3) is 3.27. The number of aromatic nitrogens is 4. The monoisotopic (exact) mass is 413 g/mol. The van der Waals surface area contributed by atoms with Crippen LogP contribution in [0.15, 0.2) is 79.0 Å². The van der Waals surface area contributed by atoms with Crippen LogP contribution in [0.2, 0.25) is 0 Å². The molecule has 2 N–H and O–H groups in total. The summed E-state index contributed by atoms with van der Waals surface area (Å²) in [6.07, 6.45) is 8.97. The molecule has 0 saturated carbocycles. The van der Waals surface area contributed by atoms with E-state index in [1.54, 1.807) is 6.20 Å². The fourth-order valence-corrected chi connectivity index (χ4v) is 3.92. The summed E-state index contributed by atoms with van der Waals surface area (Å²) >= 11 is 6.05. The van der Waals surface area contributed by atoms with Gasteiger partial charge in [-0.05, 0) is 42.7 Å². The van der Waals surface area contributed by atoms with Gasteiger partial charge in [-0.15, -0.1) is 11.6 Å².